The molecule has 0 aliphatic carbocycles. The number of nitrogens with one attached hydrogen (secondary N) is 1. The van der Waals surface area contributed by atoms with E-state index in [-0.39, 0.29) is 11.7 Å². The maximum atomic E-state index is 11.9. The van der Waals surface area contributed by atoms with Crippen LogP contribution in [0.25, 0.3) is 5.65 Å². The number of hydrogen-bond acceptors (Lipinski definition) is 5. The summed E-state index contributed by atoms with van der Waals surface area (Å²) in [6.45, 7) is 0. The van der Waals surface area contributed by atoms with Crippen molar-refractivity contribution < 1.29 is 4.79 Å². The standard InChI is InChI=1S/C15H12N4O2S/c20-13(16-11-6-2-1-3-7-11)10-22-14-17-12-8-4-5-9-19(12)15(21)18-14/h1-9H,10H2,(H,16,20). The molecule has 0 aliphatic heterocycles. The van der Waals surface area contributed by atoms with E-state index < -0.39 is 5.69 Å². The molecule has 0 saturated heterocycles. The summed E-state index contributed by atoms with van der Waals surface area (Å²) in [6.07, 6.45) is 1.61. The maximum absolute atomic E-state index is 11.9. The molecular weight excluding hydrogens is 300 g/mol. The van der Waals surface area contributed by atoms with Crippen molar-refractivity contribution in [3.05, 3.63) is 65.2 Å². The normalized spacial score (nSPS) is 10.5. The molecule has 1 N–H and O–H groups in total. The van der Waals surface area contributed by atoms with E-state index >= 15 is 0 Å². The highest BCUT2D eigenvalue weighted by Gasteiger charge is 2.08. The third-order valence-electron chi connectivity index (χ3n) is 2.84. The van der Waals surface area contributed by atoms with Crippen molar-refractivity contribution in [1.82, 2.24) is 14.4 Å². The Morgan fingerprint density at radius 2 is 1.86 bits per heavy atom. The highest BCUT2D eigenvalue weighted by atomic mass is 32.2. The summed E-state index contributed by atoms with van der Waals surface area (Å²) in [5.41, 5.74) is 0.831. The van der Waals surface area contributed by atoms with Gasteiger partial charge in [-0.1, -0.05) is 36.0 Å². The second-order valence-corrected chi connectivity index (χ2v) is 5.36. The zero-order valence-electron chi connectivity index (χ0n) is 11.5. The summed E-state index contributed by atoms with van der Waals surface area (Å²) < 4.78 is 1.36. The minimum atomic E-state index is -0.406. The van der Waals surface area contributed by atoms with Gasteiger partial charge >= 0.3 is 5.69 Å². The first-order valence-corrected chi connectivity index (χ1v) is 7.54. The first-order chi connectivity index (χ1) is 10.7. The van der Waals surface area contributed by atoms with Crippen molar-refractivity contribution in [3.8, 4) is 0 Å². The number of rotatable bonds is 4. The Hall–Kier alpha value is -2.67. The van der Waals surface area contributed by atoms with E-state index in [1.54, 1.807) is 24.4 Å². The van der Waals surface area contributed by atoms with Crippen LogP contribution in [0, 0.1) is 0 Å². The van der Waals surface area contributed by atoms with E-state index in [0.717, 1.165) is 17.4 Å². The molecule has 0 bridgehead atoms. The highest BCUT2D eigenvalue weighted by Crippen LogP contribution is 2.13. The molecule has 110 valence electrons. The fourth-order valence-corrected chi connectivity index (χ4v) is 2.49. The lowest BCUT2D eigenvalue weighted by Gasteiger charge is -2.04. The fraction of sp³-hybridized carbons (Fsp3) is 0.0667. The van der Waals surface area contributed by atoms with Gasteiger partial charge in [-0.2, -0.15) is 4.98 Å². The molecule has 0 fully saturated rings. The van der Waals surface area contributed by atoms with Gasteiger partial charge in [0.2, 0.25) is 5.91 Å². The molecule has 3 aromatic rings. The molecule has 0 unspecified atom stereocenters. The number of carbonyl (C=O) groups excluding carboxylic acids is 1. The summed E-state index contributed by atoms with van der Waals surface area (Å²) >= 11 is 1.13. The molecule has 1 amide bonds. The smallest absolute Gasteiger partial charge is 0.325 e. The summed E-state index contributed by atoms with van der Waals surface area (Å²) in [4.78, 5) is 31.8. The first kappa shape index (κ1) is 14.3. The lowest BCUT2D eigenvalue weighted by molar-refractivity contribution is -0.113. The molecule has 1 aromatic carbocycles. The zero-order chi connectivity index (χ0) is 15.4. The predicted molar refractivity (Wildman–Crippen MR) is 85.1 cm³/mol. The third kappa shape index (κ3) is 3.32. The molecule has 0 aliphatic rings. The van der Waals surface area contributed by atoms with E-state index in [9.17, 15) is 9.59 Å². The van der Waals surface area contributed by atoms with Crippen LogP contribution in [-0.4, -0.2) is 26.0 Å². The lowest BCUT2D eigenvalue weighted by atomic mass is 10.3. The van der Waals surface area contributed by atoms with E-state index in [1.165, 1.54) is 4.40 Å². The number of nitrogens with zero attached hydrogens (tertiary/aromatic N) is 3. The van der Waals surface area contributed by atoms with E-state index in [4.69, 9.17) is 0 Å². The topological polar surface area (TPSA) is 76.4 Å². The van der Waals surface area contributed by atoms with Crippen LogP contribution in [0.15, 0.2) is 64.7 Å². The number of pyridine rings is 1. The molecule has 2 aromatic heterocycles. The number of aromatic nitrogens is 3. The number of thioether (sulfide) groups is 1. The average Bonchev–Trinajstić information content (AvgIpc) is 2.54. The quantitative estimate of drug-likeness (QED) is 0.744. The lowest BCUT2D eigenvalue weighted by Crippen LogP contribution is -2.20. The number of fused-ring (bicyclic) bond motifs is 1. The summed E-state index contributed by atoms with van der Waals surface area (Å²) in [5, 5.41) is 3.06. The Labute approximate surface area is 130 Å². The number of benzene rings is 1. The monoisotopic (exact) mass is 312 g/mol. The van der Waals surface area contributed by atoms with Crippen molar-refractivity contribution in [2.75, 3.05) is 11.1 Å². The minimum absolute atomic E-state index is 0.136. The number of amides is 1. The molecule has 0 atom stereocenters. The zero-order valence-corrected chi connectivity index (χ0v) is 12.3. The van der Waals surface area contributed by atoms with Crippen LogP contribution in [0.2, 0.25) is 0 Å². The van der Waals surface area contributed by atoms with Crippen LogP contribution >= 0.6 is 11.8 Å². The molecule has 22 heavy (non-hydrogen) atoms. The Morgan fingerprint density at radius 1 is 1.09 bits per heavy atom. The third-order valence-corrected chi connectivity index (χ3v) is 3.68. The maximum Gasteiger partial charge on any atom is 0.355 e. The first-order valence-electron chi connectivity index (χ1n) is 6.55. The molecule has 7 heteroatoms. The van der Waals surface area contributed by atoms with Crippen molar-refractivity contribution in [3.63, 3.8) is 0 Å². The SMILES string of the molecule is O=C(CSc1nc(=O)n2ccccc2n1)Nc1ccccc1. The van der Waals surface area contributed by atoms with Crippen molar-refractivity contribution in [2.24, 2.45) is 0 Å². The minimum Gasteiger partial charge on any atom is -0.325 e. The fourth-order valence-electron chi connectivity index (χ4n) is 1.86. The summed E-state index contributed by atoms with van der Waals surface area (Å²) in [5.74, 6) is -0.0368. The molecular formula is C15H12N4O2S. The van der Waals surface area contributed by atoms with E-state index in [1.807, 2.05) is 30.3 Å². The number of carbonyl (C=O) groups is 1. The molecule has 0 spiro atoms. The molecule has 2 heterocycles. The average molecular weight is 312 g/mol. The second kappa shape index (κ2) is 6.40. The summed E-state index contributed by atoms with van der Waals surface area (Å²) in [6, 6.07) is 14.4. The Balaban J connectivity index is 1.69. The van der Waals surface area contributed by atoms with Gasteiger partial charge in [-0.15, -0.1) is 0 Å². The van der Waals surface area contributed by atoms with Gasteiger partial charge in [0.15, 0.2) is 5.16 Å². The van der Waals surface area contributed by atoms with Gasteiger partial charge < -0.3 is 5.32 Å². The van der Waals surface area contributed by atoms with Crippen molar-refractivity contribution >= 4 is 29.0 Å². The second-order valence-electron chi connectivity index (χ2n) is 4.42. The van der Waals surface area contributed by atoms with Gasteiger partial charge in [-0.25, -0.2) is 9.78 Å². The number of anilines is 1. The van der Waals surface area contributed by atoms with Crippen LogP contribution in [0.3, 0.4) is 0 Å². The predicted octanol–water partition coefficient (Wildman–Crippen LogP) is 1.82. The largest absolute Gasteiger partial charge is 0.355 e. The highest BCUT2D eigenvalue weighted by molar-refractivity contribution is 7.99. The Kier molecular flexibility index (Phi) is 4.15. The van der Waals surface area contributed by atoms with Crippen LogP contribution in [0.1, 0.15) is 0 Å². The van der Waals surface area contributed by atoms with Crippen LogP contribution in [0.5, 0.6) is 0 Å². The van der Waals surface area contributed by atoms with Gasteiger partial charge in [0.25, 0.3) is 0 Å². The Morgan fingerprint density at radius 3 is 2.68 bits per heavy atom. The van der Waals surface area contributed by atoms with Gasteiger partial charge in [-0.05, 0) is 24.3 Å². The van der Waals surface area contributed by atoms with Gasteiger partial charge in [-0.3, -0.25) is 9.20 Å². The van der Waals surface area contributed by atoms with Crippen LogP contribution in [-0.2, 0) is 4.79 Å². The Bertz CT molecular complexity index is 864. The van der Waals surface area contributed by atoms with Crippen molar-refractivity contribution in [1.29, 1.82) is 0 Å². The van der Waals surface area contributed by atoms with E-state index in [2.05, 4.69) is 15.3 Å². The van der Waals surface area contributed by atoms with Crippen LogP contribution < -0.4 is 11.0 Å². The van der Waals surface area contributed by atoms with Gasteiger partial charge in [0.1, 0.15) is 5.65 Å². The molecule has 0 saturated carbocycles. The number of para-hydroxylation sites is 1. The van der Waals surface area contributed by atoms with Gasteiger partial charge in [0.05, 0.1) is 5.75 Å². The van der Waals surface area contributed by atoms with Crippen LogP contribution in [0.4, 0.5) is 5.69 Å². The molecule has 0 radical (unpaired) electrons. The van der Waals surface area contributed by atoms with Crippen molar-refractivity contribution in [2.45, 2.75) is 5.16 Å². The van der Waals surface area contributed by atoms with E-state index in [0.29, 0.717) is 10.8 Å². The molecule has 6 nitrogen and oxygen atoms in total. The number of hydrogen-bond donors (Lipinski definition) is 1. The van der Waals surface area contributed by atoms with Gasteiger partial charge in [0, 0.05) is 11.9 Å². The molecule has 3 rings (SSSR count). The summed E-state index contributed by atoms with van der Waals surface area (Å²) in [7, 11) is 0.